The maximum absolute atomic E-state index is 6.73. The summed E-state index contributed by atoms with van der Waals surface area (Å²) in [4.78, 5) is 5.13. The molecule has 1 aliphatic heterocycles. The van der Waals surface area contributed by atoms with Gasteiger partial charge in [-0.1, -0.05) is 115 Å². The Kier molecular flexibility index (Phi) is 5.79. The molecule has 3 heteroatoms. The summed E-state index contributed by atoms with van der Waals surface area (Å²) >= 11 is 0. The smallest absolute Gasteiger partial charge is 0.145 e. The van der Waals surface area contributed by atoms with Gasteiger partial charge in [-0.25, -0.2) is 4.98 Å². The molecular weight excluding hydrogens is 512 g/mol. The highest BCUT2D eigenvalue weighted by molar-refractivity contribution is 5.91. The third kappa shape index (κ3) is 4.11. The van der Waals surface area contributed by atoms with E-state index >= 15 is 0 Å². The van der Waals surface area contributed by atoms with Crippen LogP contribution in [-0.4, -0.2) is 9.55 Å². The Balaban J connectivity index is 1.38. The van der Waals surface area contributed by atoms with Crippen LogP contribution in [0.25, 0.3) is 62.5 Å². The van der Waals surface area contributed by atoms with Crippen molar-refractivity contribution in [1.29, 1.82) is 0 Å². The second-order valence-electron chi connectivity index (χ2n) is 10.4. The van der Waals surface area contributed by atoms with E-state index in [1.807, 2.05) is 30.3 Å². The average molecular weight is 539 g/mol. The topological polar surface area (TPSA) is 27.1 Å². The molecule has 198 valence electrons. The maximum Gasteiger partial charge on any atom is 0.145 e. The monoisotopic (exact) mass is 538 g/mol. The SMILES string of the molecule is C1=Cc2ccc(-c3nc4ccccc4n3-c3ccccc3)cc2-c2ccccc2Oc2ccccc2-c2ccccc21. The Morgan fingerprint density at radius 2 is 1.07 bits per heavy atom. The van der Waals surface area contributed by atoms with Crippen LogP contribution in [0.2, 0.25) is 0 Å². The van der Waals surface area contributed by atoms with Gasteiger partial charge in [-0.05, 0) is 64.7 Å². The van der Waals surface area contributed by atoms with Crippen LogP contribution >= 0.6 is 0 Å². The highest BCUT2D eigenvalue weighted by Gasteiger charge is 2.19. The van der Waals surface area contributed by atoms with E-state index in [-0.39, 0.29) is 0 Å². The average Bonchev–Trinajstić information content (AvgIpc) is 3.44. The first-order valence-corrected chi connectivity index (χ1v) is 14.1. The first-order valence-electron chi connectivity index (χ1n) is 14.1. The van der Waals surface area contributed by atoms with E-state index < -0.39 is 0 Å². The molecule has 3 nitrogen and oxygen atoms in total. The molecule has 7 aromatic rings. The van der Waals surface area contributed by atoms with Crippen molar-refractivity contribution in [1.82, 2.24) is 9.55 Å². The van der Waals surface area contributed by atoms with Crippen molar-refractivity contribution in [2.24, 2.45) is 0 Å². The van der Waals surface area contributed by atoms with Crippen LogP contribution in [0, 0.1) is 0 Å². The van der Waals surface area contributed by atoms with Crippen molar-refractivity contribution in [3.63, 3.8) is 0 Å². The lowest BCUT2D eigenvalue weighted by Crippen LogP contribution is -1.98. The Bertz CT molecular complexity index is 2120. The zero-order chi connectivity index (χ0) is 27.9. The summed E-state index contributed by atoms with van der Waals surface area (Å²) in [6.45, 7) is 0. The number of hydrogen-bond acceptors (Lipinski definition) is 2. The molecule has 0 N–H and O–H groups in total. The lowest BCUT2D eigenvalue weighted by molar-refractivity contribution is 0.486. The number of nitrogens with zero attached hydrogens (tertiary/aromatic N) is 2. The molecule has 6 aromatic carbocycles. The van der Waals surface area contributed by atoms with Gasteiger partial charge in [0.2, 0.25) is 0 Å². The zero-order valence-corrected chi connectivity index (χ0v) is 22.8. The van der Waals surface area contributed by atoms with E-state index in [4.69, 9.17) is 9.72 Å². The molecule has 0 saturated carbocycles. The second kappa shape index (κ2) is 10.1. The quantitative estimate of drug-likeness (QED) is 0.219. The van der Waals surface area contributed by atoms with Gasteiger partial charge in [0.25, 0.3) is 0 Å². The van der Waals surface area contributed by atoms with Crippen molar-refractivity contribution in [3.8, 4) is 50.8 Å². The lowest BCUT2D eigenvalue weighted by Gasteiger charge is -2.16. The van der Waals surface area contributed by atoms with E-state index in [2.05, 4.69) is 132 Å². The predicted molar refractivity (Wildman–Crippen MR) is 173 cm³/mol. The lowest BCUT2D eigenvalue weighted by atomic mass is 9.94. The Morgan fingerprint density at radius 3 is 1.86 bits per heavy atom. The summed E-state index contributed by atoms with van der Waals surface area (Å²) in [6, 6.07) is 50.4. The minimum atomic E-state index is 0.813. The van der Waals surface area contributed by atoms with Crippen molar-refractivity contribution in [2.45, 2.75) is 0 Å². The van der Waals surface area contributed by atoms with Gasteiger partial charge in [-0.15, -0.1) is 0 Å². The van der Waals surface area contributed by atoms with Gasteiger partial charge in [-0.2, -0.15) is 0 Å². The standard InChI is InChI=1S/C39H26N2O/c1-2-13-30(14-3-1)41-36-19-9-8-18-35(36)40-39(41)29-25-24-28-23-22-27-12-4-5-15-31(27)32-16-6-10-20-37(32)42-38-21-11-7-17-33(38)34(28)26-29/h1-26H. The third-order valence-electron chi connectivity index (χ3n) is 7.86. The van der Waals surface area contributed by atoms with Crippen molar-refractivity contribution in [2.75, 3.05) is 0 Å². The largest absolute Gasteiger partial charge is 0.456 e. The molecule has 8 rings (SSSR count). The fourth-order valence-electron chi connectivity index (χ4n) is 5.87. The van der Waals surface area contributed by atoms with Crippen molar-refractivity contribution < 1.29 is 4.74 Å². The first kappa shape index (κ1) is 24.2. The Hall–Kier alpha value is -5.67. The highest BCUT2D eigenvalue weighted by Crippen LogP contribution is 2.42. The number of para-hydroxylation sites is 5. The molecule has 0 saturated heterocycles. The molecular formula is C39H26N2O. The van der Waals surface area contributed by atoms with E-state index in [9.17, 15) is 0 Å². The van der Waals surface area contributed by atoms with Crippen molar-refractivity contribution >= 4 is 23.2 Å². The van der Waals surface area contributed by atoms with Gasteiger partial charge in [0.1, 0.15) is 17.3 Å². The summed E-state index contributed by atoms with van der Waals surface area (Å²) in [5.74, 6) is 2.54. The predicted octanol–water partition coefficient (Wildman–Crippen LogP) is 10.3. The van der Waals surface area contributed by atoms with Crippen molar-refractivity contribution in [3.05, 3.63) is 157 Å². The van der Waals surface area contributed by atoms with Gasteiger partial charge in [0, 0.05) is 22.4 Å². The highest BCUT2D eigenvalue weighted by atomic mass is 16.5. The second-order valence-corrected chi connectivity index (χ2v) is 10.4. The molecule has 42 heavy (non-hydrogen) atoms. The maximum atomic E-state index is 6.73. The van der Waals surface area contributed by atoms with E-state index in [0.717, 1.165) is 73.0 Å². The fourth-order valence-corrected chi connectivity index (χ4v) is 5.87. The van der Waals surface area contributed by atoms with Gasteiger partial charge < -0.3 is 4.74 Å². The van der Waals surface area contributed by atoms with Gasteiger partial charge in [0.05, 0.1) is 11.0 Å². The summed E-state index contributed by atoms with van der Waals surface area (Å²) < 4.78 is 8.97. The number of benzene rings is 6. The summed E-state index contributed by atoms with van der Waals surface area (Å²) in [5.41, 5.74) is 10.7. The van der Waals surface area contributed by atoms with Crippen LogP contribution in [0.4, 0.5) is 0 Å². The summed E-state index contributed by atoms with van der Waals surface area (Å²) in [7, 11) is 0. The molecule has 0 fully saturated rings. The minimum absolute atomic E-state index is 0.813. The van der Waals surface area contributed by atoms with E-state index in [1.165, 1.54) is 0 Å². The van der Waals surface area contributed by atoms with Crippen LogP contribution in [-0.2, 0) is 0 Å². The van der Waals surface area contributed by atoms with Crippen LogP contribution < -0.4 is 4.74 Å². The summed E-state index contributed by atoms with van der Waals surface area (Å²) in [5, 5.41) is 0. The molecule has 0 radical (unpaired) electrons. The molecule has 1 aromatic heterocycles. The Labute approximate surface area is 244 Å². The Morgan fingerprint density at radius 1 is 0.476 bits per heavy atom. The molecule has 0 spiro atoms. The van der Waals surface area contributed by atoms with E-state index in [1.54, 1.807) is 0 Å². The number of hydrogen-bond donors (Lipinski definition) is 0. The third-order valence-corrected chi connectivity index (χ3v) is 7.86. The molecule has 0 atom stereocenters. The molecule has 2 heterocycles. The number of aromatic nitrogens is 2. The zero-order valence-electron chi connectivity index (χ0n) is 22.8. The van der Waals surface area contributed by atoms with Gasteiger partial charge in [0.15, 0.2) is 0 Å². The van der Waals surface area contributed by atoms with Crippen LogP contribution in [0.1, 0.15) is 11.1 Å². The number of fused-ring (bicyclic) bond motifs is 7. The van der Waals surface area contributed by atoms with Gasteiger partial charge in [-0.3, -0.25) is 4.57 Å². The minimum Gasteiger partial charge on any atom is -0.456 e. The summed E-state index contributed by atoms with van der Waals surface area (Å²) in [6.07, 6.45) is 4.42. The molecule has 0 bridgehead atoms. The number of imidazole rings is 1. The normalized spacial score (nSPS) is 11.9. The van der Waals surface area contributed by atoms with Crippen LogP contribution in [0.3, 0.4) is 0 Å². The molecule has 0 amide bonds. The molecule has 0 aliphatic carbocycles. The first-order chi connectivity index (χ1) is 20.8. The molecule has 1 aliphatic rings. The fraction of sp³-hybridized carbons (Fsp3) is 0. The number of rotatable bonds is 2. The van der Waals surface area contributed by atoms with Crippen LogP contribution in [0.5, 0.6) is 11.5 Å². The number of ether oxygens (including phenoxy) is 1. The van der Waals surface area contributed by atoms with Gasteiger partial charge >= 0.3 is 0 Å². The molecule has 0 unspecified atom stereocenters. The van der Waals surface area contributed by atoms with E-state index in [0.29, 0.717) is 0 Å². The van der Waals surface area contributed by atoms with Crippen LogP contribution in [0.15, 0.2) is 146 Å².